The van der Waals surface area contributed by atoms with E-state index in [2.05, 4.69) is 0 Å². The number of carbonyl (C=O) groups excluding carboxylic acids is 1. The standard InChI is InChI=1S/C9H10O2.Cd.H3O3P/c1-2-11-9(10)8-6-4-3-5-7-8;;1-4(2)3/h3-7H,2H2,1H3;;1-3H. The van der Waals surface area contributed by atoms with Gasteiger partial charge >= 0.3 is 14.6 Å². The monoisotopic (exact) mass is 346 g/mol. The largest absolute Gasteiger partial charge is 0.462 e. The smallest absolute Gasteiger partial charge is 0.338 e. The van der Waals surface area contributed by atoms with Crippen LogP contribution < -0.4 is 0 Å². The van der Waals surface area contributed by atoms with Crippen LogP contribution in [0.1, 0.15) is 17.3 Å². The molecule has 0 radical (unpaired) electrons. The summed E-state index contributed by atoms with van der Waals surface area (Å²) in [6.07, 6.45) is 0. The van der Waals surface area contributed by atoms with Crippen molar-refractivity contribution >= 4 is 14.6 Å². The van der Waals surface area contributed by atoms with Gasteiger partial charge in [-0.25, -0.2) is 4.79 Å². The van der Waals surface area contributed by atoms with Crippen LogP contribution in [0.4, 0.5) is 0 Å². The van der Waals surface area contributed by atoms with E-state index in [1.165, 1.54) is 0 Å². The van der Waals surface area contributed by atoms with E-state index in [0.717, 1.165) is 0 Å². The van der Waals surface area contributed by atoms with E-state index in [4.69, 9.17) is 19.4 Å². The van der Waals surface area contributed by atoms with Crippen LogP contribution in [0, 0.1) is 0 Å². The van der Waals surface area contributed by atoms with Gasteiger partial charge in [-0.1, -0.05) is 18.2 Å². The van der Waals surface area contributed by atoms with Gasteiger partial charge < -0.3 is 19.4 Å². The maximum atomic E-state index is 11.0. The zero-order valence-corrected chi connectivity index (χ0v) is 13.8. The molecule has 0 spiro atoms. The van der Waals surface area contributed by atoms with Crippen LogP contribution in [0.25, 0.3) is 0 Å². The van der Waals surface area contributed by atoms with Gasteiger partial charge in [0.05, 0.1) is 12.2 Å². The van der Waals surface area contributed by atoms with Crippen LogP contribution >= 0.6 is 8.60 Å². The fourth-order valence-electron chi connectivity index (χ4n) is 0.789. The molecule has 0 aliphatic carbocycles. The predicted octanol–water partition coefficient (Wildman–Crippen LogP) is 1.05. The second kappa shape index (κ2) is 11.4. The Morgan fingerprint density at radius 3 is 2.06 bits per heavy atom. The van der Waals surface area contributed by atoms with Crippen LogP contribution in [0.5, 0.6) is 0 Å². The maximum absolute atomic E-state index is 11.0. The fraction of sp³-hybridized carbons (Fsp3) is 0.222. The molecule has 16 heavy (non-hydrogen) atoms. The third-order valence-electron chi connectivity index (χ3n) is 1.28. The fourth-order valence-corrected chi connectivity index (χ4v) is 0.789. The van der Waals surface area contributed by atoms with Gasteiger partial charge in [0.15, 0.2) is 0 Å². The molecule has 0 fully saturated rings. The normalized spacial score (nSPS) is 8.56. The number of ether oxygens (including phenoxy) is 1. The molecule has 0 aliphatic rings. The zero-order valence-electron chi connectivity index (χ0n) is 8.91. The summed E-state index contributed by atoms with van der Waals surface area (Å²) in [5.41, 5.74) is 0.606. The molecule has 0 saturated heterocycles. The molecule has 5 nitrogen and oxygen atoms in total. The number of hydrogen-bond acceptors (Lipinski definition) is 5. The molecule has 0 bridgehead atoms. The molecule has 0 aromatic heterocycles. The molecule has 0 aliphatic heterocycles. The van der Waals surface area contributed by atoms with Gasteiger partial charge in [-0.3, -0.25) is 0 Å². The van der Waals surface area contributed by atoms with Crippen molar-refractivity contribution < 1.29 is 51.5 Å². The van der Waals surface area contributed by atoms with Gasteiger partial charge in [0.25, 0.3) is 0 Å². The first kappa shape index (κ1) is 18.3. The van der Waals surface area contributed by atoms with Crippen LogP contribution in [-0.4, -0.2) is 27.3 Å². The summed E-state index contributed by atoms with van der Waals surface area (Å²) >= 11 is 0. The van der Waals surface area contributed by atoms with Crippen molar-refractivity contribution in [3.8, 4) is 0 Å². The molecule has 1 rings (SSSR count). The first-order valence-electron chi connectivity index (χ1n) is 4.16. The molecule has 0 atom stereocenters. The molecular weight excluding hydrogens is 331 g/mol. The maximum Gasteiger partial charge on any atom is 0.338 e. The van der Waals surface area contributed by atoms with Crippen LogP contribution in [-0.2, 0) is 32.0 Å². The first-order valence-corrected chi connectivity index (χ1v) is 5.36. The Kier molecular flexibility index (Phi) is 13.0. The second-order valence-electron chi connectivity index (χ2n) is 2.35. The number of benzene rings is 1. The Morgan fingerprint density at radius 2 is 1.69 bits per heavy atom. The summed E-state index contributed by atoms with van der Waals surface area (Å²) in [7, 11) is -2.62. The van der Waals surface area contributed by atoms with Gasteiger partial charge in [-0.05, 0) is 19.1 Å². The summed E-state index contributed by atoms with van der Waals surface area (Å²) < 4.78 is 4.79. The quantitative estimate of drug-likeness (QED) is 0.424. The van der Waals surface area contributed by atoms with Crippen molar-refractivity contribution in [1.82, 2.24) is 0 Å². The summed E-state index contributed by atoms with van der Waals surface area (Å²) in [5, 5.41) is 0. The molecule has 86 valence electrons. The molecule has 7 heteroatoms. The molecular formula is C9H13CdO5P. The van der Waals surface area contributed by atoms with E-state index in [-0.39, 0.29) is 33.3 Å². The van der Waals surface area contributed by atoms with Gasteiger partial charge in [-0.2, -0.15) is 0 Å². The molecule has 0 amide bonds. The van der Waals surface area contributed by atoms with Crippen molar-refractivity contribution in [3.63, 3.8) is 0 Å². The molecule has 0 unspecified atom stereocenters. The third-order valence-corrected chi connectivity index (χ3v) is 1.28. The van der Waals surface area contributed by atoms with E-state index in [1.54, 1.807) is 19.1 Å². The molecule has 0 heterocycles. The van der Waals surface area contributed by atoms with Gasteiger partial charge in [0.1, 0.15) is 0 Å². The summed E-state index contributed by atoms with van der Waals surface area (Å²) in [6, 6.07) is 8.96. The average Bonchev–Trinajstić information content (AvgIpc) is 2.19. The third kappa shape index (κ3) is 10.4. The number of carbonyl (C=O) groups is 1. The Labute approximate surface area is 115 Å². The number of esters is 1. The van der Waals surface area contributed by atoms with E-state index in [1.807, 2.05) is 18.2 Å². The van der Waals surface area contributed by atoms with E-state index in [9.17, 15) is 4.79 Å². The SMILES string of the molecule is CCOC(=O)c1ccccc1.OP(O)O.[Cd]. The molecule has 3 N–H and O–H groups in total. The Morgan fingerprint density at radius 1 is 1.25 bits per heavy atom. The van der Waals surface area contributed by atoms with E-state index < -0.39 is 8.60 Å². The average molecular weight is 345 g/mol. The Balaban J connectivity index is 0. The Hall–Kier alpha value is -0.0779. The molecule has 1 aromatic rings. The number of rotatable bonds is 2. The van der Waals surface area contributed by atoms with Gasteiger partial charge in [0, 0.05) is 27.3 Å². The van der Waals surface area contributed by atoms with Crippen LogP contribution in [0.15, 0.2) is 30.3 Å². The van der Waals surface area contributed by atoms with E-state index >= 15 is 0 Å². The summed E-state index contributed by atoms with van der Waals surface area (Å²) in [4.78, 5) is 32.7. The second-order valence-corrected chi connectivity index (χ2v) is 2.89. The minimum Gasteiger partial charge on any atom is -0.462 e. The van der Waals surface area contributed by atoms with Crippen molar-refractivity contribution in [1.29, 1.82) is 0 Å². The van der Waals surface area contributed by atoms with Crippen molar-refractivity contribution in [3.05, 3.63) is 35.9 Å². The van der Waals surface area contributed by atoms with Crippen molar-refractivity contribution in [2.45, 2.75) is 6.92 Å². The van der Waals surface area contributed by atoms with Gasteiger partial charge in [-0.15, -0.1) is 0 Å². The van der Waals surface area contributed by atoms with Crippen molar-refractivity contribution in [2.24, 2.45) is 0 Å². The molecule has 0 saturated carbocycles. The minimum absolute atomic E-state index is 0. The topological polar surface area (TPSA) is 87.0 Å². The Bertz CT molecular complexity index is 278. The predicted molar refractivity (Wildman–Crippen MR) is 56.0 cm³/mol. The zero-order chi connectivity index (χ0) is 11.7. The van der Waals surface area contributed by atoms with Gasteiger partial charge in [0.2, 0.25) is 0 Å². The summed E-state index contributed by atoms with van der Waals surface area (Å²) in [6.45, 7) is 2.22. The van der Waals surface area contributed by atoms with Crippen LogP contribution in [0.2, 0.25) is 0 Å². The van der Waals surface area contributed by atoms with E-state index in [0.29, 0.717) is 12.2 Å². The number of hydrogen-bond donors (Lipinski definition) is 3. The summed E-state index contributed by atoms with van der Waals surface area (Å²) in [5.74, 6) is -0.256. The van der Waals surface area contributed by atoms with Crippen LogP contribution in [0.3, 0.4) is 0 Å². The molecule has 1 aromatic carbocycles. The minimum atomic E-state index is -2.62. The van der Waals surface area contributed by atoms with Crippen molar-refractivity contribution in [2.75, 3.05) is 6.61 Å². The first-order chi connectivity index (χ1) is 7.07.